The van der Waals surface area contributed by atoms with Crippen LogP contribution in [0.1, 0.15) is 19.4 Å². The van der Waals surface area contributed by atoms with Crippen molar-refractivity contribution in [1.82, 2.24) is 16.0 Å². The standard InChI is InChI=1S/C14H20N4O2/c1-9(2)8-15-12-16-13(19)18(14(20)17-12)11-6-4-10(3)5-7-11/h4-7,9,12,15H,8H2,1-3H3,(H,16,19)(H,17,20). The smallest absolute Gasteiger partial charge is 0.304 e. The monoisotopic (exact) mass is 276 g/mol. The van der Waals surface area contributed by atoms with Gasteiger partial charge >= 0.3 is 12.1 Å². The number of aryl methyl sites for hydroxylation is 1. The second-order valence-corrected chi connectivity index (χ2v) is 5.31. The van der Waals surface area contributed by atoms with E-state index in [0.29, 0.717) is 18.2 Å². The highest BCUT2D eigenvalue weighted by atomic mass is 16.2. The Labute approximate surface area is 118 Å². The van der Waals surface area contributed by atoms with Gasteiger partial charge in [0.05, 0.1) is 5.69 Å². The average Bonchev–Trinajstić information content (AvgIpc) is 2.38. The van der Waals surface area contributed by atoms with Gasteiger partial charge in [0.25, 0.3) is 0 Å². The first-order valence-electron chi connectivity index (χ1n) is 6.68. The minimum atomic E-state index is -0.529. The van der Waals surface area contributed by atoms with Crippen LogP contribution in [0.5, 0.6) is 0 Å². The number of urea groups is 2. The van der Waals surface area contributed by atoms with Gasteiger partial charge < -0.3 is 10.6 Å². The van der Waals surface area contributed by atoms with E-state index in [-0.39, 0.29) is 0 Å². The first kappa shape index (κ1) is 14.3. The zero-order valence-corrected chi connectivity index (χ0v) is 11.9. The molecule has 0 unspecified atom stereocenters. The van der Waals surface area contributed by atoms with Crippen molar-refractivity contribution in [2.45, 2.75) is 27.1 Å². The van der Waals surface area contributed by atoms with E-state index in [0.717, 1.165) is 10.5 Å². The topological polar surface area (TPSA) is 73.5 Å². The Hall–Kier alpha value is -2.08. The maximum Gasteiger partial charge on any atom is 0.332 e. The third-order valence-electron chi connectivity index (χ3n) is 2.96. The van der Waals surface area contributed by atoms with Crippen LogP contribution in [0.25, 0.3) is 0 Å². The molecule has 1 heterocycles. The summed E-state index contributed by atoms with van der Waals surface area (Å²) in [5.74, 6) is 0.430. The Balaban J connectivity index is 2.06. The van der Waals surface area contributed by atoms with Crippen LogP contribution < -0.4 is 20.9 Å². The molecule has 1 aromatic rings. The van der Waals surface area contributed by atoms with Crippen molar-refractivity contribution in [2.24, 2.45) is 5.92 Å². The molecule has 4 amide bonds. The molecule has 20 heavy (non-hydrogen) atoms. The Morgan fingerprint density at radius 3 is 2.20 bits per heavy atom. The minimum Gasteiger partial charge on any atom is -0.304 e. The summed E-state index contributed by atoms with van der Waals surface area (Å²) in [6.07, 6.45) is -0.529. The summed E-state index contributed by atoms with van der Waals surface area (Å²) in [6, 6.07) is 6.35. The van der Waals surface area contributed by atoms with E-state index in [1.807, 2.05) is 19.1 Å². The second-order valence-electron chi connectivity index (χ2n) is 5.31. The molecule has 1 aliphatic heterocycles. The molecule has 1 aromatic carbocycles. The van der Waals surface area contributed by atoms with Crippen molar-refractivity contribution in [1.29, 1.82) is 0 Å². The van der Waals surface area contributed by atoms with Crippen molar-refractivity contribution in [3.05, 3.63) is 29.8 Å². The van der Waals surface area contributed by atoms with Crippen LogP contribution in [0.3, 0.4) is 0 Å². The van der Waals surface area contributed by atoms with E-state index in [9.17, 15) is 9.59 Å². The molecule has 1 saturated heterocycles. The predicted molar refractivity (Wildman–Crippen MR) is 77.4 cm³/mol. The molecule has 0 radical (unpaired) electrons. The Morgan fingerprint density at radius 2 is 1.70 bits per heavy atom. The van der Waals surface area contributed by atoms with Crippen LogP contribution in [0, 0.1) is 12.8 Å². The van der Waals surface area contributed by atoms with Crippen LogP contribution in [0.15, 0.2) is 24.3 Å². The van der Waals surface area contributed by atoms with Gasteiger partial charge in [0.2, 0.25) is 0 Å². The highest BCUT2D eigenvalue weighted by molar-refractivity contribution is 6.15. The quantitative estimate of drug-likeness (QED) is 0.784. The Bertz CT molecular complexity index is 480. The van der Waals surface area contributed by atoms with Crippen molar-refractivity contribution < 1.29 is 9.59 Å². The van der Waals surface area contributed by atoms with Crippen LogP contribution >= 0.6 is 0 Å². The van der Waals surface area contributed by atoms with E-state index in [2.05, 4.69) is 29.8 Å². The fourth-order valence-electron chi connectivity index (χ4n) is 1.89. The largest absolute Gasteiger partial charge is 0.332 e. The first-order chi connectivity index (χ1) is 9.47. The van der Waals surface area contributed by atoms with Crippen LogP contribution in [-0.2, 0) is 0 Å². The predicted octanol–water partition coefficient (Wildman–Crippen LogP) is 1.76. The number of hydrogen-bond acceptors (Lipinski definition) is 3. The molecule has 0 aliphatic carbocycles. The van der Waals surface area contributed by atoms with Gasteiger partial charge in [-0.1, -0.05) is 31.5 Å². The average molecular weight is 276 g/mol. The number of imide groups is 1. The Morgan fingerprint density at radius 1 is 1.15 bits per heavy atom. The molecule has 0 saturated carbocycles. The SMILES string of the molecule is Cc1ccc(N2C(=O)NC(NCC(C)C)NC2=O)cc1. The lowest BCUT2D eigenvalue weighted by atomic mass is 10.2. The number of benzene rings is 1. The van der Waals surface area contributed by atoms with Crippen LogP contribution in [-0.4, -0.2) is 24.9 Å². The summed E-state index contributed by atoms with van der Waals surface area (Å²) < 4.78 is 0. The third kappa shape index (κ3) is 3.27. The van der Waals surface area contributed by atoms with Gasteiger partial charge in [0, 0.05) is 6.54 Å². The van der Waals surface area contributed by atoms with Gasteiger partial charge in [-0.3, -0.25) is 5.32 Å². The highest BCUT2D eigenvalue weighted by Gasteiger charge is 2.32. The molecule has 1 aliphatic rings. The number of carbonyl (C=O) groups excluding carboxylic acids is 2. The molecule has 3 N–H and O–H groups in total. The molecule has 1 fully saturated rings. The number of nitrogens with one attached hydrogen (secondary N) is 3. The molecule has 0 bridgehead atoms. The first-order valence-corrected chi connectivity index (χ1v) is 6.68. The molecule has 0 spiro atoms. The second kappa shape index (κ2) is 5.92. The van der Waals surface area contributed by atoms with E-state index >= 15 is 0 Å². The Kier molecular flexibility index (Phi) is 4.24. The molecule has 0 aromatic heterocycles. The van der Waals surface area contributed by atoms with Crippen molar-refractivity contribution >= 4 is 17.7 Å². The summed E-state index contributed by atoms with van der Waals surface area (Å²) in [5, 5.41) is 8.49. The highest BCUT2D eigenvalue weighted by Crippen LogP contribution is 2.17. The van der Waals surface area contributed by atoms with Crippen molar-refractivity contribution in [3.8, 4) is 0 Å². The zero-order valence-electron chi connectivity index (χ0n) is 11.9. The van der Waals surface area contributed by atoms with Crippen molar-refractivity contribution in [2.75, 3.05) is 11.4 Å². The number of nitrogens with zero attached hydrogens (tertiary/aromatic N) is 1. The fraction of sp³-hybridized carbons (Fsp3) is 0.429. The van der Waals surface area contributed by atoms with Gasteiger partial charge in [-0.2, -0.15) is 0 Å². The van der Waals surface area contributed by atoms with E-state index in [1.54, 1.807) is 12.1 Å². The fourth-order valence-corrected chi connectivity index (χ4v) is 1.89. The summed E-state index contributed by atoms with van der Waals surface area (Å²) in [4.78, 5) is 25.2. The van der Waals surface area contributed by atoms with Gasteiger partial charge in [-0.15, -0.1) is 0 Å². The number of rotatable bonds is 4. The van der Waals surface area contributed by atoms with E-state index in [4.69, 9.17) is 0 Å². The lowest BCUT2D eigenvalue weighted by Crippen LogP contribution is -2.68. The summed E-state index contributed by atoms with van der Waals surface area (Å²) in [6.45, 7) is 6.76. The van der Waals surface area contributed by atoms with Gasteiger partial charge in [0.15, 0.2) is 6.29 Å². The molecular weight excluding hydrogens is 256 g/mol. The molecular formula is C14H20N4O2. The molecule has 6 nitrogen and oxygen atoms in total. The molecule has 6 heteroatoms. The molecule has 108 valence electrons. The van der Waals surface area contributed by atoms with Gasteiger partial charge in [-0.25, -0.2) is 14.5 Å². The normalized spacial score (nSPS) is 16.3. The number of anilines is 1. The lowest BCUT2D eigenvalue weighted by Gasteiger charge is -2.33. The van der Waals surface area contributed by atoms with E-state index < -0.39 is 18.4 Å². The van der Waals surface area contributed by atoms with Gasteiger partial charge in [0.1, 0.15) is 0 Å². The van der Waals surface area contributed by atoms with Crippen LogP contribution in [0.4, 0.5) is 15.3 Å². The maximum absolute atomic E-state index is 12.1. The maximum atomic E-state index is 12.1. The number of amides is 4. The lowest BCUT2D eigenvalue weighted by molar-refractivity contribution is 0.210. The number of hydrogen-bond donors (Lipinski definition) is 3. The molecule has 2 rings (SSSR count). The minimum absolute atomic E-state index is 0.430. The van der Waals surface area contributed by atoms with Crippen LogP contribution in [0.2, 0.25) is 0 Å². The molecule has 0 atom stereocenters. The van der Waals surface area contributed by atoms with E-state index in [1.165, 1.54) is 0 Å². The summed E-state index contributed by atoms with van der Waals surface area (Å²) >= 11 is 0. The third-order valence-corrected chi connectivity index (χ3v) is 2.96. The zero-order chi connectivity index (χ0) is 14.7. The number of carbonyl (C=O) groups is 2. The van der Waals surface area contributed by atoms with Crippen molar-refractivity contribution in [3.63, 3.8) is 0 Å². The summed E-state index contributed by atoms with van der Waals surface area (Å²) in [7, 11) is 0. The van der Waals surface area contributed by atoms with Gasteiger partial charge in [-0.05, 0) is 25.0 Å². The summed E-state index contributed by atoms with van der Waals surface area (Å²) in [5.41, 5.74) is 1.62.